The number of methoxy groups -OCH3 is 1. The van der Waals surface area contributed by atoms with Crippen LogP contribution in [0.1, 0.15) is 15.9 Å². The minimum absolute atomic E-state index is 0.0555. The summed E-state index contributed by atoms with van der Waals surface area (Å²) in [5.74, 6) is -0.0136. The van der Waals surface area contributed by atoms with Crippen LogP contribution in [0, 0.1) is 17.3 Å². The zero-order valence-corrected chi connectivity index (χ0v) is 16.6. The molecule has 1 N–H and O–H groups in total. The molecule has 0 saturated heterocycles. The van der Waals surface area contributed by atoms with Crippen LogP contribution < -0.4 is 9.47 Å². The first kappa shape index (κ1) is 18.7. The quantitative estimate of drug-likeness (QED) is 0.328. The monoisotopic (exact) mass is 555 g/mol. The first-order chi connectivity index (χ1) is 11.3. The Morgan fingerprint density at radius 3 is 2.38 bits per heavy atom. The Bertz CT molecular complexity index is 786. The second kappa shape index (κ2) is 7.96. The number of ether oxygens (including phenoxy) is 2. The molecule has 0 saturated carbocycles. The van der Waals surface area contributed by atoms with E-state index in [0.29, 0.717) is 24.2 Å². The van der Waals surface area contributed by atoms with Crippen LogP contribution >= 0.6 is 45.2 Å². The van der Waals surface area contributed by atoms with Crippen molar-refractivity contribution in [1.82, 2.24) is 0 Å². The minimum atomic E-state index is -1.02. The molecular formula is C15H11I2NO6. The predicted octanol–water partition coefficient (Wildman–Crippen LogP) is 4.09. The number of nitro benzene ring substituents is 1. The van der Waals surface area contributed by atoms with E-state index in [1.165, 1.54) is 37.4 Å². The lowest BCUT2D eigenvalue weighted by Crippen LogP contribution is -2.04. The highest BCUT2D eigenvalue weighted by Gasteiger charge is 2.15. The maximum absolute atomic E-state index is 11.1. The Balaban J connectivity index is 2.29. The predicted molar refractivity (Wildman–Crippen MR) is 103 cm³/mol. The fourth-order valence-electron chi connectivity index (χ4n) is 1.96. The van der Waals surface area contributed by atoms with Gasteiger partial charge in [0.2, 0.25) is 0 Å². The first-order valence-electron chi connectivity index (χ1n) is 6.50. The maximum Gasteiger partial charge on any atom is 0.335 e. The molecule has 0 atom stereocenters. The second-order valence-electron chi connectivity index (χ2n) is 4.62. The Kier molecular flexibility index (Phi) is 6.21. The highest BCUT2D eigenvalue weighted by Crippen LogP contribution is 2.31. The standard InChI is InChI=1S/C15H11I2NO6/c1-23-13-3-2-10(18(21)22)4-9(13)7-24-14-11(16)5-8(15(19)20)6-12(14)17/h2-6H,7H2,1H3,(H,19,20). The van der Waals surface area contributed by atoms with Gasteiger partial charge in [-0.25, -0.2) is 4.79 Å². The average molecular weight is 555 g/mol. The van der Waals surface area contributed by atoms with Gasteiger partial charge in [-0.05, 0) is 63.4 Å². The molecule has 0 aliphatic carbocycles. The van der Waals surface area contributed by atoms with Gasteiger partial charge in [0.15, 0.2) is 0 Å². The molecule has 2 aromatic rings. The van der Waals surface area contributed by atoms with Crippen molar-refractivity contribution < 1.29 is 24.3 Å². The number of benzene rings is 2. The van der Waals surface area contributed by atoms with E-state index < -0.39 is 10.9 Å². The average Bonchev–Trinajstić information content (AvgIpc) is 2.53. The molecule has 7 nitrogen and oxygen atoms in total. The van der Waals surface area contributed by atoms with Crippen molar-refractivity contribution in [2.75, 3.05) is 7.11 Å². The summed E-state index contributed by atoms with van der Waals surface area (Å²) >= 11 is 3.98. The highest BCUT2D eigenvalue weighted by atomic mass is 127. The molecule has 0 fully saturated rings. The Hall–Kier alpha value is -1.63. The summed E-state index contributed by atoms with van der Waals surface area (Å²) < 4.78 is 12.2. The molecule has 0 unspecified atom stereocenters. The third-order valence-corrected chi connectivity index (χ3v) is 4.69. The maximum atomic E-state index is 11.1. The van der Waals surface area contributed by atoms with Crippen molar-refractivity contribution in [3.05, 3.63) is 58.7 Å². The molecule has 24 heavy (non-hydrogen) atoms. The largest absolute Gasteiger partial charge is 0.496 e. The number of rotatable bonds is 6. The molecule has 0 aliphatic heterocycles. The van der Waals surface area contributed by atoms with Crippen molar-refractivity contribution >= 4 is 56.8 Å². The third kappa shape index (κ3) is 4.26. The Labute approximate surface area is 164 Å². The van der Waals surface area contributed by atoms with Gasteiger partial charge >= 0.3 is 5.97 Å². The highest BCUT2D eigenvalue weighted by molar-refractivity contribution is 14.1. The molecule has 9 heteroatoms. The number of hydrogen-bond acceptors (Lipinski definition) is 5. The van der Waals surface area contributed by atoms with Gasteiger partial charge in [0.25, 0.3) is 5.69 Å². The Morgan fingerprint density at radius 2 is 1.88 bits per heavy atom. The van der Waals surface area contributed by atoms with E-state index in [4.69, 9.17) is 14.6 Å². The molecule has 0 heterocycles. The lowest BCUT2D eigenvalue weighted by Gasteiger charge is -2.13. The topological polar surface area (TPSA) is 98.9 Å². The molecule has 126 valence electrons. The van der Waals surface area contributed by atoms with Gasteiger partial charge in [0.05, 0.1) is 24.7 Å². The van der Waals surface area contributed by atoms with Gasteiger partial charge in [0.1, 0.15) is 18.1 Å². The van der Waals surface area contributed by atoms with Crippen LogP contribution in [-0.4, -0.2) is 23.1 Å². The van der Waals surface area contributed by atoms with Gasteiger partial charge in [-0.1, -0.05) is 0 Å². The molecule has 0 bridgehead atoms. The van der Waals surface area contributed by atoms with Crippen LogP contribution in [-0.2, 0) is 6.61 Å². The lowest BCUT2D eigenvalue weighted by atomic mass is 10.2. The van der Waals surface area contributed by atoms with Crippen LogP contribution in [0.3, 0.4) is 0 Å². The smallest absolute Gasteiger partial charge is 0.335 e. The molecule has 0 aromatic heterocycles. The zero-order valence-electron chi connectivity index (χ0n) is 12.3. The molecule has 0 amide bonds. The normalized spacial score (nSPS) is 10.3. The van der Waals surface area contributed by atoms with E-state index in [1.807, 2.05) is 45.2 Å². The van der Waals surface area contributed by atoms with Crippen LogP contribution in [0.5, 0.6) is 11.5 Å². The molecule has 2 aromatic carbocycles. The number of nitro groups is 1. The van der Waals surface area contributed by atoms with Crippen LogP contribution in [0.15, 0.2) is 30.3 Å². The fraction of sp³-hybridized carbons (Fsp3) is 0.133. The van der Waals surface area contributed by atoms with Crippen molar-refractivity contribution in [3.8, 4) is 11.5 Å². The van der Waals surface area contributed by atoms with E-state index in [2.05, 4.69) is 0 Å². The number of halogens is 2. The van der Waals surface area contributed by atoms with Crippen LogP contribution in [0.2, 0.25) is 0 Å². The lowest BCUT2D eigenvalue weighted by molar-refractivity contribution is -0.385. The van der Waals surface area contributed by atoms with E-state index in [-0.39, 0.29) is 17.9 Å². The SMILES string of the molecule is COc1ccc([N+](=O)[O-])cc1COc1c(I)cc(C(=O)O)cc1I. The van der Waals surface area contributed by atoms with E-state index in [1.54, 1.807) is 0 Å². The molecule has 0 aliphatic rings. The summed E-state index contributed by atoms with van der Waals surface area (Å²) in [4.78, 5) is 21.5. The van der Waals surface area contributed by atoms with E-state index in [0.717, 1.165) is 0 Å². The van der Waals surface area contributed by atoms with Gasteiger partial charge in [0, 0.05) is 17.7 Å². The number of carboxylic acids is 1. The minimum Gasteiger partial charge on any atom is -0.496 e. The number of non-ortho nitro benzene ring substituents is 1. The fourth-order valence-corrected chi connectivity index (χ4v) is 4.04. The number of nitrogens with zero attached hydrogens (tertiary/aromatic N) is 1. The summed E-state index contributed by atoms with van der Waals surface area (Å²) in [5.41, 5.74) is 0.643. The molecule has 2 rings (SSSR count). The second-order valence-corrected chi connectivity index (χ2v) is 6.94. The van der Waals surface area contributed by atoms with Crippen molar-refractivity contribution in [3.63, 3.8) is 0 Å². The third-order valence-electron chi connectivity index (χ3n) is 3.09. The number of aromatic carboxylic acids is 1. The molecular weight excluding hydrogens is 544 g/mol. The van der Waals surface area contributed by atoms with Gasteiger partial charge < -0.3 is 14.6 Å². The van der Waals surface area contributed by atoms with E-state index in [9.17, 15) is 14.9 Å². The first-order valence-corrected chi connectivity index (χ1v) is 8.65. The van der Waals surface area contributed by atoms with Crippen molar-refractivity contribution in [2.45, 2.75) is 6.61 Å². The number of carbonyl (C=O) groups is 1. The van der Waals surface area contributed by atoms with E-state index >= 15 is 0 Å². The number of carboxylic acid groups (broad SMARTS) is 1. The molecule has 0 spiro atoms. The summed E-state index contributed by atoms with van der Waals surface area (Å²) in [6, 6.07) is 7.28. The van der Waals surface area contributed by atoms with Crippen molar-refractivity contribution in [2.24, 2.45) is 0 Å². The van der Waals surface area contributed by atoms with Crippen molar-refractivity contribution in [1.29, 1.82) is 0 Å². The summed E-state index contributed by atoms with van der Waals surface area (Å²) in [6.07, 6.45) is 0. The van der Waals surface area contributed by atoms with Crippen LogP contribution in [0.25, 0.3) is 0 Å². The van der Waals surface area contributed by atoms with Gasteiger partial charge in [-0.3, -0.25) is 10.1 Å². The van der Waals surface area contributed by atoms with Gasteiger partial charge in [-0.2, -0.15) is 0 Å². The molecule has 0 radical (unpaired) electrons. The summed E-state index contributed by atoms with van der Waals surface area (Å²) in [5, 5.41) is 20.0. The van der Waals surface area contributed by atoms with Gasteiger partial charge in [-0.15, -0.1) is 0 Å². The summed E-state index contributed by atoms with van der Waals surface area (Å²) in [6.45, 7) is 0.0588. The Morgan fingerprint density at radius 1 is 1.25 bits per heavy atom. The summed E-state index contributed by atoms with van der Waals surface area (Å²) in [7, 11) is 1.47. The number of hydrogen-bond donors (Lipinski definition) is 1. The van der Waals surface area contributed by atoms with Crippen LogP contribution in [0.4, 0.5) is 5.69 Å². The zero-order chi connectivity index (χ0) is 17.9.